The standard InChI is InChI=1S/C21H26ClFN2O/c1-2-25-11-5-7-17(25)14-24-13-16-6-3-8-18(12-16)26-15-19-20(22)9-4-10-21(19)23/h3-4,6,8-10,12,17,24H,2,5,7,11,13-15H2,1H3/t17-/m0/s1. The molecule has 1 saturated heterocycles. The van der Waals surface area contributed by atoms with Crippen LogP contribution in [0.15, 0.2) is 42.5 Å². The summed E-state index contributed by atoms with van der Waals surface area (Å²) >= 11 is 6.05. The highest BCUT2D eigenvalue weighted by atomic mass is 35.5. The molecule has 0 aromatic heterocycles. The quantitative estimate of drug-likeness (QED) is 0.726. The van der Waals surface area contributed by atoms with E-state index < -0.39 is 0 Å². The van der Waals surface area contributed by atoms with Gasteiger partial charge in [0.25, 0.3) is 0 Å². The van der Waals surface area contributed by atoms with Crippen molar-refractivity contribution in [2.45, 2.75) is 39.0 Å². The van der Waals surface area contributed by atoms with Gasteiger partial charge in [-0.1, -0.05) is 36.7 Å². The summed E-state index contributed by atoms with van der Waals surface area (Å²) in [5, 5.41) is 3.94. The van der Waals surface area contributed by atoms with Crippen LogP contribution in [0, 0.1) is 5.82 Å². The number of rotatable bonds is 8. The van der Waals surface area contributed by atoms with E-state index in [0.29, 0.717) is 16.6 Å². The zero-order chi connectivity index (χ0) is 18.4. The van der Waals surface area contributed by atoms with Gasteiger partial charge >= 0.3 is 0 Å². The van der Waals surface area contributed by atoms with Gasteiger partial charge in [0.2, 0.25) is 0 Å². The lowest BCUT2D eigenvalue weighted by atomic mass is 10.2. The minimum Gasteiger partial charge on any atom is -0.489 e. The third kappa shape index (κ3) is 4.97. The van der Waals surface area contributed by atoms with Crippen molar-refractivity contribution in [2.75, 3.05) is 19.6 Å². The molecule has 1 atom stereocenters. The molecule has 5 heteroatoms. The highest BCUT2D eigenvalue weighted by Gasteiger charge is 2.22. The van der Waals surface area contributed by atoms with Crippen molar-refractivity contribution < 1.29 is 9.13 Å². The molecular formula is C21H26ClFN2O. The lowest BCUT2D eigenvalue weighted by Crippen LogP contribution is -2.37. The summed E-state index contributed by atoms with van der Waals surface area (Å²) in [5.74, 6) is 0.382. The Hall–Kier alpha value is -1.62. The average molecular weight is 377 g/mol. The molecule has 3 nitrogen and oxygen atoms in total. The van der Waals surface area contributed by atoms with Gasteiger partial charge in [-0.3, -0.25) is 4.90 Å². The molecule has 0 saturated carbocycles. The van der Waals surface area contributed by atoms with Crippen molar-refractivity contribution in [2.24, 2.45) is 0 Å². The number of likely N-dealkylation sites (tertiary alicyclic amines) is 1. The van der Waals surface area contributed by atoms with E-state index in [1.807, 2.05) is 18.2 Å². The van der Waals surface area contributed by atoms with Crippen LogP contribution in [0.1, 0.15) is 30.9 Å². The fraction of sp³-hybridized carbons (Fsp3) is 0.429. The molecule has 1 heterocycles. The van der Waals surface area contributed by atoms with Gasteiger partial charge in [0.15, 0.2) is 0 Å². The Morgan fingerprint density at radius 1 is 1.27 bits per heavy atom. The molecule has 26 heavy (non-hydrogen) atoms. The molecule has 2 aromatic rings. The topological polar surface area (TPSA) is 24.5 Å². The first-order valence-electron chi connectivity index (χ1n) is 9.26. The Morgan fingerprint density at radius 2 is 2.12 bits per heavy atom. The van der Waals surface area contributed by atoms with Crippen LogP contribution in [-0.4, -0.2) is 30.6 Å². The Morgan fingerprint density at radius 3 is 2.92 bits per heavy atom. The highest BCUT2D eigenvalue weighted by molar-refractivity contribution is 6.31. The fourth-order valence-corrected chi connectivity index (χ4v) is 3.71. The van der Waals surface area contributed by atoms with Gasteiger partial charge in [0.1, 0.15) is 18.2 Å². The van der Waals surface area contributed by atoms with Crippen LogP contribution in [0.25, 0.3) is 0 Å². The first kappa shape index (κ1) is 19.2. The van der Waals surface area contributed by atoms with E-state index >= 15 is 0 Å². The second-order valence-electron chi connectivity index (χ2n) is 6.69. The molecule has 0 amide bonds. The largest absolute Gasteiger partial charge is 0.489 e. The van der Waals surface area contributed by atoms with E-state index in [0.717, 1.165) is 30.9 Å². The Balaban J connectivity index is 1.51. The van der Waals surface area contributed by atoms with Crippen molar-refractivity contribution in [1.82, 2.24) is 10.2 Å². The van der Waals surface area contributed by atoms with Crippen LogP contribution >= 0.6 is 11.6 Å². The third-order valence-electron chi connectivity index (χ3n) is 4.96. The van der Waals surface area contributed by atoms with Gasteiger partial charge in [-0.05, 0) is 55.8 Å². The van der Waals surface area contributed by atoms with Crippen molar-refractivity contribution in [3.63, 3.8) is 0 Å². The minimum absolute atomic E-state index is 0.121. The number of likely N-dealkylation sites (N-methyl/N-ethyl adjacent to an activating group) is 1. The zero-order valence-corrected chi connectivity index (χ0v) is 15.9. The second kappa shape index (κ2) is 9.36. The maximum Gasteiger partial charge on any atom is 0.131 e. The lowest BCUT2D eigenvalue weighted by molar-refractivity contribution is 0.260. The molecule has 0 unspecified atom stereocenters. The molecular weight excluding hydrogens is 351 g/mol. The van der Waals surface area contributed by atoms with Crippen molar-refractivity contribution in [1.29, 1.82) is 0 Å². The van der Waals surface area contributed by atoms with Gasteiger partial charge in [0, 0.05) is 24.7 Å². The van der Waals surface area contributed by atoms with Crippen molar-refractivity contribution in [3.8, 4) is 5.75 Å². The summed E-state index contributed by atoms with van der Waals surface area (Å²) in [7, 11) is 0. The van der Waals surface area contributed by atoms with Gasteiger partial charge in [0.05, 0.1) is 5.02 Å². The second-order valence-corrected chi connectivity index (χ2v) is 7.10. The maximum absolute atomic E-state index is 13.8. The molecule has 140 valence electrons. The highest BCUT2D eigenvalue weighted by Crippen LogP contribution is 2.22. The summed E-state index contributed by atoms with van der Waals surface area (Å²) in [6.07, 6.45) is 2.56. The molecule has 0 bridgehead atoms. The summed E-state index contributed by atoms with van der Waals surface area (Å²) in [4.78, 5) is 2.53. The van der Waals surface area contributed by atoms with Crippen LogP contribution in [0.4, 0.5) is 4.39 Å². The van der Waals surface area contributed by atoms with Crippen LogP contribution in [0.5, 0.6) is 5.75 Å². The molecule has 1 N–H and O–H groups in total. The molecule has 1 aliphatic rings. The first-order valence-corrected chi connectivity index (χ1v) is 9.64. The number of benzene rings is 2. The number of hydrogen-bond donors (Lipinski definition) is 1. The Labute approximate surface area is 160 Å². The number of ether oxygens (including phenoxy) is 1. The maximum atomic E-state index is 13.8. The normalized spacial score (nSPS) is 17.6. The van der Waals surface area contributed by atoms with Gasteiger partial charge < -0.3 is 10.1 Å². The molecule has 0 aliphatic carbocycles. The number of nitrogens with one attached hydrogen (secondary N) is 1. The summed E-state index contributed by atoms with van der Waals surface area (Å²) in [6.45, 7) is 6.48. The minimum atomic E-state index is -0.340. The fourth-order valence-electron chi connectivity index (χ4n) is 3.50. The monoisotopic (exact) mass is 376 g/mol. The zero-order valence-electron chi connectivity index (χ0n) is 15.2. The lowest BCUT2D eigenvalue weighted by Gasteiger charge is -2.23. The van der Waals surface area contributed by atoms with Crippen LogP contribution in [0.3, 0.4) is 0 Å². The molecule has 0 spiro atoms. The van der Waals surface area contributed by atoms with Crippen LogP contribution in [0.2, 0.25) is 5.02 Å². The average Bonchev–Trinajstić information content (AvgIpc) is 3.09. The van der Waals surface area contributed by atoms with E-state index in [2.05, 4.69) is 23.2 Å². The molecule has 3 rings (SSSR count). The van der Waals surface area contributed by atoms with Gasteiger partial charge in [-0.15, -0.1) is 0 Å². The van der Waals surface area contributed by atoms with Crippen LogP contribution in [-0.2, 0) is 13.2 Å². The van der Waals surface area contributed by atoms with E-state index in [4.69, 9.17) is 16.3 Å². The number of halogens is 2. The smallest absolute Gasteiger partial charge is 0.131 e. The summed E-state index contributed by atoms with van der Waals surface area (Å²) in [6, 6.07) is 13.2. The Bertz CT molecular complexity index is 705. The molecule has 0 radical (unpaired) electrons. The predicted octanol–water partition coefficient (Wildman–Crippen LogP) is 4.63. The number of hydrogen-bond acceptors (Lipinski definition) is 3. The first-order chi connectivity index (χ1) is 12.7. The summed E-state index contributed by atoms with van der Waals surface area (Å²) < 4.78 is 19.6. The molecule has 1 fully saturated rings. The van der Waals surface area contributed by atoms with Crippen molar-refractivity contribution >= 4 is 11.6 Å². The van der Waals surface area contributed by atoms with Gasteiger partial charge in [-0.2, -0.15) is 0 Å². The predicted molar refractivity (Wildman–Crippen MR) is 104 cm³/mol. The van der Waals surface area contributed by atoms with E-state index in [9.17, 15) is 4.39 Å². The third-order valence-corrected chi connectivity index (χ3v) is 5.31. The SMILES string of the molecule is CCN1CCC[C@H]1CNCc1cccc(OCc2c(F)cccc2Cl)c1. The molecule has 2 aromatic carbocycles. The van der Waals surface area contributed by atoms with E-state index in [1.54, 1.807) is 12.1 Å². The number of nitrogens with zero attached hydrogens (tertiary/aromatic N) is 1. The van der Waals surface area contributed by atoms with Crippen LogP contribution < -0.4 is 10.1 Å². The van der Waals surface area contributed by atoms with E-state index in [1.165, 1.54) is 25.5 Å². The summed E-state index contributed by atoms with van der Waals surface area (Å²) in [5.41, 5.74) is 1.54. The Kier molecular flexibility index (Phi) is 6.89. The molecule has 1 aliphatic heterocycles. The van der Waals surface area contributed by atoms with E-state index in [-0.39, 0.29) is 12.4 Å². The van der Waals surface area contributed by atoms with Crippen molar-refractivity contribution in [3.05, 3.63) is 64.4 Å². The van der Waals surface area contributed by atoms with Gasteiger partial charge in [-0.25, -0.2) is 4.39 Å².